The van der Waals surface area contributed by atoms with Crippen molar-refractivity contribution in [1.29, 1.82) is 0 Å². The standard InChI is InChI=1S/C25H19ClN6O2S/c1-34-21-7-3-2-5-17(21)23-18(13-20-19(29-23)6-4-12-27-20)24(33)30-25-32-31-22(35-25)11-10-16-9-8-15(26)14-28-16/h2-9,12-14H,10-11H2,1H3,(H,30,32,33). The number of rotatable bonds is 7. The number of hydrogen-bond acceptors (Lipinski definition) is 8. The lowest BCUT2D eigenvalue weighted by Gasteiger charge is -2.13. The maximum atomic E-state index is 13.4. The van der Waals surface area contributed by atoms with Gasteiger partial charge in [-0.1, -0.05) is 35.1 Å². The number of amides is 1. The Labute approximate surface area is 210 Å². The van der Waals surface area contributed by atoms with Crippen LogP contribution in [0.1, 0.15) is 21.1 Å². The Hall–Kier alpha value is -3.95. The van der Waals surface area contributed by atoms with Crippen molar-refractivity contribution >= 4 is 45.0 Å². The minimum atomic E-state index is -0.354. The van der Waals surface area contributed by atoms with Crippen molar-refractivity contribution in [2.24, 2.45) is 0 Å². The number of ether oxygens (including phenoxy) is 1. The molecule has 0 unspecified atom stereocenters. The quantitative estimate of drug-likeness (QED) is 0.324. The van der Waals surface area contributed by atoms with Crippen LogP contribution in [-0.4, -0.2) is 38.2 Å². The van der Waals surface area contributed by atoms with Crippen LogP contribution in [-0.2, 0) is 12.8 Å². The van der Waals surface area contributed by atoms with Crippen LogP contribution in [0, 0.1) is 0 Å². The van der Waals surface area contributed by atoms with Crippen LogP contribution < -0.4 is 10.1 Å². The molecule has 0 fully saturated rings. The molecule has 1 aromatic carbocycles. The zero-order chi connectivity index (χ0) is 24.2. The molecule has 0 aliphatic carbocycles. The van der Waals surface area contributed by atoms with Gasteiger partial charge in [-0.25, -0.2) is 4.98 Å². The molecule has 10 heteroatoms. The van der Waals surface area contributed by atoms with E-state index in [0.717, 1.165) is 10.7 Å². The Kier molecular flexibility index (Phi) is 6.60. The van der Waals surface area contributed by atoms with E-state index in [1.54, 1.807) is 31.6 Å². The molecule has 1 N–H and O–H groups in total. The van der Waals surface area contributed by atoms with Gasteiger partial charge < -0.3 is 4.74 Å². The van der Waals surface area contributed by atoms with Crippen molar-refractivity contribution in [2.45, 2.75) is 12.8 Å². The van der Waals surface area contributed by atoms with Gasteiger partial charge in [0, 0.05) is 30.1 Å². The fourth-order valence-electron chi connectivity index (χ4n) is 3.58. The van der Waals surface area contributed by atoms with E-state index in [1.165, 1.54) is 11.3 Å². The number of nitrogens with one attached hydrogen (secondary N) is 1. The summed E-state index contributed by atoms with van der Waals surface area (Å²) >= 11 is 7.21. The lowest BCUT2D eigenvalue weighted by atomic mass is 10.0. The first-order valence-electron chi connectivity index (χ1n) is 10.7. The molecule has 0 saturated carbocycles. The minimum absolute atomic E-state index is 0.354. The number of aromatic nitrogens is 5. The van der Waals surface area contributed by atoms with E-state index in [0.29, 0.717) is 56.6 Å². The molecular weight excluding hydrogens is 484 g/mol. The van der Waals surface area contributed by atoms with Crippen molar-refractivity contribution < 1.29 is 9.53 Å². The van der Waals surface area contributed by atoms with Crippen LogP contribution in [0.2, 0.25) is 5.02 Å². The molecule has 8 nitrogen and oxygen atoms in total. The highest BCUT2D eigenvalue weighted by Crippen LogP contribution is 2.33. The van der Waals surface area contributed by atoms with Gasteiger partial charge in [-0.2, -0.15) is 0 Å². The third kappa shape index (κ3) is 5.11. The highest BCUT2D eigenvalue weighted by molar-refractivity contribution is 7.15. The van der Waals surface area contributed by atoms with Crippen LogP contribution in [0.15, 0.2) is 67.0 Å². The Bertz CT molecular complexity index is 1510. The molecule has 0 aliphatic rings. The third-order valence-corrected chi connectivity index (χ3v) is 6.38. The molecule has 5 aromatic rings. The Morgan fingerprint density at radius 1 is 1.03 bits per heavy atom. The second kappa shape index (κ2) is 10.1. The van der Waals surface area contributed by atoms with Gasteiger partial charge in [-0.05, 0) is 48.9 Å². The maximum absolute atomic E-state index is 13.4. The number of para-hydroxylation sites is 1. The Morgan fingerprint density at radius 3 is 2.74 bits per heavy atom. The van der Waals surface area contributed by atoms with Gasteiger partial charge in [-0.3, -0.25) is 20.1 Å². The van der Waals surface area contributed by atoms with Gasteiger partial charge in [0.05, 0.1) is 34.4 Å². The van der Waals surface area contributed by atoms with Gasteiger partial charge >= 0.3 is 0 Å². The Balaban J connectivity index is 1.41. The van der Waals surface area contributed by atoms with E-state index in [-0.39, 0.29) is 5.91 Å². The monoisotopic (exact) mass is 502 g/mol. The van der Waals surface area contributed by atoms with E-state index in [4.69, 9.17) is 21.3 Å². The first-order valence-corrected chi connectivity index (χ1v) is 11.9. The molecule has 0 atom stereocenters. The van der Waals surface area contributed by atoms with Crippen LogP contribution in [0.3, 0.4) is 0 Å². The lowest BCUT2D eigenvalue weighted by molar-refractivity contribution is 0.102. The number of aryl methyl sites for hydroxylation is 2. The molecule has 0 radical (unpaired) electrons. The fourth-order valence-corrected chi connectivity index (χ4v) is 4.42. The number of carbonyl (C=O) groups is 1. The first kappa shape index (κ1) is 22.8. The molecule has 5 rings (SSSR count). The summed E-state index contributed by atoms with van der Waals surface area (Å²) in [5, 5.41) is 13.0. The van der Waals surface area contributed by atoms with Crippen LogP contribution in [0.4, 0.5) is 5.13 Å². The predicted molar refractivity (Wildman–Crippen MR) is 136 cm³/mol. The zero-order valence-electron chi connectivity index (χ0n) is 18.6. The number of carbonyl (C=O) groups excluding carboxylic acids is 1. The number of halogens is 1. The topological polar surface area (TPSA) is 103 Å². The molecular formula is C25H19ClN6O2S. The summed E-state index contributed by atoms with van der Waals surface area (Å²) in [7, 11) is 1.59. The second-order valence-electron chi connectivity index (χ2n) is 7.55. The van der Waals surface area contributed by atoms with E-state index in [2.05, 4.69) is 25.5 Å². The van der Waals surface area contributed by atoms with E-state index < -0.39 is 0 Å². The number of fused-ring (bicyclic) bond motifs is 1. The lowest BCUT2D eigenvalue weighted by Crippen LogP contribution is -2.14. The average molecular weight is 503 g/mol. The third-order valence-electron chi connectivity index (χ3n) is 5.26. The van der Waals surface area contributed by atoms with Crippen molar-refractivity contribution in [3.05, 3.63) is 88.3 Å². The van der Waals surface area contributed by atoms with Crippen molar-refractivity contribution in [3.8, 4) is 17.0 Å². The van der Waals surface area contributed by atoms with Crippen LogP contribution in [0.5, 0.6) is 5.75 Å². The molecule has 0 bridgehead atoms. The normalized spacial score (nSPS) is 10.9. The maximum Gasteiger partial charge on any atom is 0.259 e. The van der Waals surface area contributed by atoms with Crippen molar-refractivity contribution in [1.82, 2.24) is 25.1 Å². The number of nitrogens with zero attached hydrogens (tertiary/aromatic N) is 5. The number of pyridine rings is 3. The number of benzene rings is 1. The summed E-state index contributed by atoms with van der Waals surface area (Å²) in [6.45, 7) is 0. The zero-order valence-corrected chi connectivity index (χ0v) is 20.2. The molecule has 0 spiro atoms. The van der Waals surface area contributed by atoms with E-state index in [9.17, 15) is 4.79 Å². The SMILES string of the molecule is COc1ccccc1-c1nc2cccnc2cc1C(=O)Nc1nnc(CCc2ccc(Cl)cn2)s1. The van der Waals surface area contributed by atoms with Crippen molar-refractivity contribution in [3.63, 3.8) is 0 Å². The predicted octanol–water partition coefficient (Wildman–Crippen LogP) is 5.24. The molecule has 4 aromatic heterocycles. The minimum Gasteiger partial charge on any atom is -0.496 e. The summed E-state index contributed by atoms with van der Waals surface area (Å²) in [5.41, 5.74) is 3.77. The van der Waals surface area contributed by atoms with E-state index >= 15 is 0 Å². The van der Waals surface area contributed by atoms with E-state index in [1.807, 2.05) is 42.5 Å². The molecule has 35 heavy (non-hydrogen) atoms. The van der Waals surface area contributed by atoms with Gasteiger partial charge in [0.25, 0.3) is 5.91 Å². The summed E-state index contributed by atoms with van der Waals surface area (Å²) in [5.74, 6) is 0.263. The summed E-state index contributed by atoms with van der Waals surface area (Å²) in [6.07, 6.45) is 4.63. The molecule has 0 aliphatic heterocycles. The molecule has 0 saturated heterocycles. The van der Waals surface area contributed by atoms with Crippen LogP contribution >= 0.6 is 22.9 Å². The summed E-state index contributed by atoms with van der Waals surface area (Å²) in [4.78, 5) is 26.8. The number of hydrogen-bond donors (Lipinski definition) is 1. The Morgan fingerprint density at radius 2 is 1.91 bits per heavy atom. The first-order chi connectivity index (χ1) is 17.1. The van der Waals surface area contributed by atoms with Gasteiger partial charge in [0.1, 0.15) is 10.8 Å². The molecule has 4 heterocycles. The highest BCUT2D eigenvalue weighted by Gasteiger charge is 2.20. The smallest absolute Gasteiger partial charge is 0.259 e. The van der Waals surface area contributed by atoms with Gasteiger partial charge in [0.2, 0.25) is 5.13 Å². The van der Waals surface area contributed by atoms with Crippen molar-refractivity contribution in [2.75, 3.05) is 12.4 Å². The fraction of sp³-hybridized carbons (Fsp3) is 0.120. The van der Waals surface area contributed by atoms with Gasteiger partial charge in [-0.15, -0.1) is 10.2 Å². The second-order valence-corrected chi connectivity index (χ2v) is 9.05. The molecule has 1 amide bonds. The highest BCUT2D eigenvalue weighted by atomic mass is 35.5. The largest absolute Gasteiger partial charge is 0.496 e. The summed E-state index contributed by atoms with van der Waals surface area (Å²) < 4.78 is 5.52. The van der Waals surface area contributed by atoms with Crippen LogP contribution in [0.25, 0.3) is 22.3 Å². The van der Waals surface area contributed by atoms with Gasteiger partial charge in [0.15, 0.2) is 0 Å². The summed E-state index contributed by atoms with van der Waals surface area (Å²) in [6, 6.07) is 16.5. The number of methoxy groups -OCH3 is 1. The number of anilines is 1. The average Bonchev–Trinajstić information content (AvgIpc) is 3.34. The molecule has 174 valence electrons.